The third-order valence-electron chi connectivity index (χ3n) is 14.2. The maximum atomic E-state index is 15.2. The monoisotopic (exact) mass is 1170 g/mol. The number of aromatic nitrogens is 1. The zero-order valence-electron chi connectivity index (χ0n) is 46.4. The minimum atomic E-state index is -1.72. The summed E-state index contributed by atoms with van der Waals surface area (Å²) in [5.74, 6) is -7.71. The normalized spacial score (nSPS) is 14.6. The predicted octanol–water partition coefficient (Wildman–Crippen LogP) is 2.12. The molecule has 83 heavy (non-hydrogen) atoms. The molecule has 1 heterocycles. The van der Waals surface area contributed by atoms with Crippen LogP contribution >= 0.6 is 25.3 Å². The first-order valence-corrected chi connectivity index (χ1v) is 28.5. The van der Waals surface area contributed by atoms with E-state index in [9.17, 15) is 48.9 Å². The molecule has 14 N–H and O–H groups in total. The molecular weight excluding hydrogens is 1100 g/mol. The number of aromatic hydroxyl groups is 1. The number of carbonyl (C=O) groups is 8. The number of nitrogens with one attached hydrogen (secondary N) is 7. The lowest BCUT2D eigenvalue weighted by Gasteiger charge is -2.33. The number of amides is 7. The zero-order chi connectivity index (χ0) is 60.3. The van der Waals surface area contributed by atoms with E-state index in [0.29, 0.717) is 29.5 Å². The van der Waals surface area contributed by atoms with Crippen molar-refractivity contribution < 1.29 is 53.7 Å². The number of para-hydroxylation sites is 1. The van der Waals surface area contributed by atoms with Crippen LogP contribution < -0.4 is 43.4 Å². The molecule has 7 amide bonds. The highest BCUT2D eigenvalue weighted by Gasteiger charge is 2.38. The van der Waals surface area contributed by atoms with Crippen LogP contribution in [0.5, 0.6) is 5.75 Å². The van der Waals surface area contributed by atoms with Crippen molar-refractivity contribution in [2.45, 2.75) is 113 Å². The van der Waals surface area contributed by atoms with Gasteiger partial charge in [-0.25, -0.2) is 4.79 Å². The van der Waals surface area contributed by atoms with Crippen LogP contribution in [0.25, 0.3) is 21.7 Å². The summed E-state index contributed by atoms with van der Waals surface area (Å²) >= 11 is 8.59. The number of nitrogens with zero attached hydrogens (tertiary/aromatic N) is 1. The molecule has 0 aliphatic heterocycles. The standard InChI is InChI=1S/C60H74N10O11S2/c1-34-15-17-36(18-16-34)27-44(62)53(73)67-49(32-82)55(75)64-46(28-37-20-23-42(72)24-21-37)54(74)65-47(30-41-31-63-45-13-7-6-12-43(41)45)59(79)70(3)51(14-8-9-25-61)57(77)69-52(35(2)71)58(78)68-50(33-83)56(76)66-48(60(80)81)29-38-19-22-39-10-4-5-11-40(39)26-38/h4-7,10-13,15-24,26,31,35,44,46-52,63,71-72,82-83H,8-9,14,25,27-30,32-33,61-62H2,1-3H3,(H,64,75)(H,65,74)(H,66,76)(H,67,73)(H,68,78)(H,69,77)(H,80,81)/t35-,44+,46+,47-,48+,49-,50+,51+,52+/m1/s1. The highest BCUT2D eigenvalue weighted by Crippen LogP contribution is 2.22. The Morgan fingerprint density at radius 2 is 1.14 bits per heavy atom. The summed E-state index contributed by atoms with van der Waals surface area (Å²) < 4.78 is 0. The zero-order valence-corrected chi connectivity index (χ0v) is 48.2. The summed E-state index contributed by atoms with van der Waals surface area (Å²) in [6, 6.07) is 22.5. The summed E-state index contributed by atoms with van der Waals surface area (Å²) in [5, 5.41) is 49.4. The number of aliphatic carboxylic acids is 1. The molecule has 6 rings (SSSR count). The van der Waals surface area contributed by atoms with Gasteiger partial charge in [-0.1, -0.05) is 103 Å². The Kier molecular flexibility index (Phi) is 23.9. The Morgan fingerprint density at radius 3 is 1.78 bits per heavy atom. The highest BCUT2D eigenvalue weighted by atomic mass is 32.1. The first-order valence-electron chi connectivity index (χ1n) is 27.2. The maximum Gasteiger partial charge on any atom is 0.326 e. The van der Waals surface area contributed by atoms with Crippen molar-refractivity contribution in [1.82, 2.24) is 41.8 Å². The molecule has 0 radical (unpaired) electrons. The number of fused-ring (bicyclic) bond motifs is 2. The number of nitrogens with two attached hydrogens (primary N) is 2. The van der Waals surface area contributed by atoms with Gasteiger partial charge in [0.25, 0.3) is 0 Å². The van der Waals surface area contributed by atoms with E-state index in [2.05, 4.69) is 62.1 Å². The van der Waals surface area contributed by atoms with Crippen molar-refractivity contribution in [3.05, 3.63) is 149 Å². The number of unbranched alkanes of at least 4 members (excludes halogenated alkanes) is 1. The highest BCUT2D eigenvalue weighted by molar-refractivity contribution is 7.80. The number of aliphatic hydroxyl groups excluding tert-OH is 1. The van der Waals surface area contributed by atoms with Crippen LogP contribution in [0.1, 0.15) is 54.0 Å². The number of aryl methyl sites for hydroxylation is 1. The number of aliphatic hydroxyl groups is 1. The number of phenols is 1. The van der Waals surface area contributed by atoms with Gasteiger partial charge >= 0.3 is 5.97 Å². The molecule has 0 bridgehead atoms. The molecule has 0 aliphatic rings. The number of rotatable bonds is 30. The van der Waals surface area contributed by atoms with E-state index >= 15 is 4.79 Å². The third-order valence-corrected chi connectivity index (χ3v) is 15.0. The van der Waals surface area contributed by atoms with E-state index in [4.69, 9.17) is 11.5 Å². The fourth-order valence-corrected chi connectivity index (χ4v) is 9.97. The number of likely N-dealkylation sites (N-methyl/N-ethyl adjacent to an activating group) is 1. The quantitative estimate of drug-likeness (QED) is 0.0227. The first-order chi connectivity index (χ1) is 39.7. The van der Waals surface area contributed by atoms with E-state index in [0.717, 1.165) is 37.7 Å². The SMILES string of the molecule is Cc1ccc(C[C@H](N)C(=O)N[C@H](CS)C(=O)N[C@@H](Cc2ccc(O)cc2)C(=O)N[C@H](Cc2c[nH]c3ccccc23)C(=O)N(C)[C@@H](CCCCN)C(=O)N[C@H](C(=O)N[C@@H](CS)C(=O)N[C@@H](Cc2ccc3ccccc3c2)C(=O)O)[C@@H](C)O)cc1. The minimum Gasteiger partial charge on any atom is -0.508 e. The van der Waals surface area contributed by atoms with Gasteiger partial charge in [0.15, 0.2) is 0 Å². The molecule has 442 valence electrons. The second-order valence-electron chi connectivity index (χ2n) is 20.6. The van der Waals surface area contributed by atoms with Crippen LogP contribution in [0, 0.1) is 6.92 Å². The summed E-state index contributed by atoms with van der Waals surface area (Å²) in [6.07, 6.45) is 0.620. The average Bonchev–Trinajstić information content (AvgIpc) is 4.09. The molecule has 0 spiro atoms. The van der Waals surface area contributed by atoms with Crippen molar-refractivity contribution in [3.63, 3.8) is 0 Å². The first kappa shape index (κ1) is 64.2. The van der Waals surface area contributed by atoms with Crippen molar-refractivity contribution in [2.24, 2.45) is 11.5 Å². The molecule has 23 heteroatoms. The molecular formula is C60H74N10O11S2. The topological polar surface area (TPSA) is 340 Å². The van der Waals surface area contributed by atoms with Crippen LogP contribution in [-0.4, -0.2) is 152 Å². The Labute approximate surface area is 492 Å². The minimum absolute atomic E-state index is 0.00627. The van der Waals surface area contributed by atoms with E-state index in [1.54, 1.807) is 30.5 Å². The van der Waals surface area contributed by atoms with E-state index < -0.39 is 102 Å². The number of hydrogen-bond donors (Lipinski definition) is 14. The van der Waals surface area contributed by atoms with Crippen molar-refractivity contribution in [2.75, 3.05) is 25.1 Å². The van der Waals surface area contributed by atoms with Crippen LogP contribution in [0.3, 0.4) is 0 Å². The Hall–Kier alpha value is -7.96. The predicted molar refractivity (Wildman–Crippen MR) is 322 cm³/mol. The largest absolute Gasteiger partial charge is 0.508 e. The Balaban J connectivity index is 1.22. The van der Waals surface area contributed by atoms with Crippen molar-refractivity contribution in [1.29, 1.82) is 0 Å². The van der Waals surface area contributed by atoms with Crippen LogP contribution in [0.15, 0.2) is 121 Å². The van der Waals surface area contributed by atoms with Gasteiger partial charge in [-0.2, -0.15) is 25.3 Å². The van der Waals surface area contributed by atoms with Gasteiger partial charge in [0.05, 0.1) is 12.1 Å². The lowest BCUT2D eigenvalue weighted by atomic mass is 9.99. The lowest BCUT2D eigenvalue weighted by molar-refractivity contribution is -0.144. The molecule has 9 atom stereocenters. The number of carbonyl (C=O) groups excluding carboxylic acids is 7. The third kappa shape index (κ3) is 18.3. The summed E-state index contributed by atoms with van der Waals surface area (Å²) in [4.78, 5) is 116. The lowest BCUT2D eigenvalue weighted by Crippen LogP contribution is -2.62. The fourth-order valence-electron chi connectivity index (χ4n) is 9.45. The molecule has 5 aromatic carbocycles. The Morgan fingerprint density at radius 1 is 0.602 bits per heavy atom. The van der Waals surface area contributed by atoms with Gasteiger partial charge in [0, 0.05) is 54.9 Å². The summed E-state index contributed by atoms with van der Waals surface area (Å²) in [5.41, 5.74) is 16.4. The number of carboxylic acid groups (broad SMARTS) is 1. The van der Waals surface area contributed by atoms with Gasteiger partial charge < -0.3 is 68.6 Å². The van der Waals surface area contributed by atoms with E-state index in [-0.39, 0.29) is 55.9 Å². The fraction of sp³-hybridized carbons (Fsp3) is 0.367. The number of aromatic amines is 1. The van der Waals surface area contributed by atoms with Crippen LogP contribution in [-0.2, 0) is 64.0 Å². The van der Waals surface area contributed by atoms with Gasteiger partial charge in [-0.15, -0.1) is 0 Å². The number of H-pyrrole nitrogens is 1. The number of hydrogen-bond acceptors (Lipinski definition) is 14. The van der Waals surface area contributed by atoms with Crippen LogP contribution in [0.2, 0.25) is 0 Å². The number of benzene rings is 5. The molecule has 0 fully saturated rings. The molecule has 0 unspecified atom stereocenters. The smallest absolute Gasteiger partial charge is 0.326 e. The average molecular weight is 1180 g/mol. The number of thiol groups is 2. The van der Waals surface area contributed by atoms with Gasteiger partial charge in [-0.3, -0.25) is 33.6 Å². The molecule has 0 saturated heterocycles. The molecule has 21 nitrogen and oxygen atoms in total. The molecule has 0 aliphatic carbocycles. The number of carboxylic acids is 1. The van der Waals surface area contributed by atoms with E-state index in [1.165, 1.54) is 26.1 Å². The van der Waals surface area contributed by atoms with E-state index in [1.807, 2.05) is 85.8 Å². The van der Waals surface area contributed by atoms with Crippen molar-refractivity contribution in [3.8, 4) is 5.75 Å². The molecule has 6 aromatic rings. The second-order valence-corrected chi connectivity index (χ2v) is 21.3. The number of phenolic OH excluding ortho intramolecular Hbond substituents is 1. The summed E-state index contributed by atoms with van der Waals surface area (Å²) in [6.45, 7) is 3.39. The second kappa shape index (κ2) is 30.9. The van der Waals surface area contributed by atoms with Gasteiger partial charge in [0.1, 0.15) is 48.0 Å². The van der Waals surface area contributed by atoms with Gasteiger partial charge in [-0.05, 0) is 97.3 Å². The maximum absolute atomic E-state index is 15.2. The molecule has 0 saturated carbocycles. The van der Waals surface area contributed by atoms with Crippen molar-refractivity contribution >= 4 is 94.3 Å². The summed E-state index contributed by atoms with van der Waals surface area (Å²) in [7, 11) is 1.35. The molecule has 1 aromatic heterocycles. The van der Waals surface area contributed by atoms with Crippen LogP contribution in [0.4, 0.5) is 0 Å². The Bertz CT molecular complexity index is 3220. The van der Waals surface area contributed by atoms with Gasteiger partial charge in [0.2, 0.25) is 41.4 Å².